The van der Waals surface area contributed by atoms with Crippen molar-refractivity contribution in [3.8, 4) is 0 Å². The number of hydrogen-bond acceptors (Lipinski definition) is 6. The highest BCUT2D eigenvalue weighted by atomic mass is 16.1. The Kier molecular flexibility index (Phi) is 3.45. The highest BCUT2D eigenvalue weighted by Crippen LogP contribution is 2.35. The normalized spacial score (nSPS) is 18.6. The molecular weight excluding hydrogens is 342 g/mol. The first kappa shape index (κ1) is 16.2. The van der Waals surface area contributed by atoms with E-state index in [0.29, 0.717) is 12.2 Å². The van der Waals surface area contributed by atoms with Gasteiger partial charge in [0.15, 0.2) is 0 Å². The predicted octanol–water partition coefficient (Wildman–Crippen LogP) is 1.61. The van der Waals surface area contributed by atoms with Crippen LogP contribution in [0, 0.1) is 6.92 Å². The molecule has 0 saturated carbocycles. The smallest absolute Gasteiger partial charge is 0.230 e. The van der Waals surface area contributed by atoms with Crippen LogP contribution in [-0.2, 0) is 16.8 Å². The van der Waals surface area contributed by atoms with E-state index in [4.69, 9.17) is 10.7 Å². The van der Waals surface area contributed by atoms with Crippen molar-refractivity contribution in [2.75, 3.05) is 23.3 Å². The van der Waals surface area contributed by atoms with Gasteiger partial charge in [-0.15, -0.1) is 0 Å². The number of aromatic nitrogens is 4. The summed E-state index contributed by atoms with van der Waals surface area (Å²) in [7, 11) is 0. The third kappa shape index (κ3) is 2.64. The first-order valence-corrected chi connectivity index (χ1v) is 9.16. The highest BCUT2D eigenvalue weighted by Gasteiger charge is 2.37. The van der Waals surface area contributed by atoms with Crippen LogP contribution in [0.25, 0.3) is 11.0 Å². The van der Waals surface area contributed by atoms with E-state index in [1.807, 2.05) is 6.07 Å². The Balaban J connectivity index is 1.39. The van der Waals surface area contributed by atoms with Crippen molar-refractivity contribution in [2.45, 2.75) is 31.7 Å². The summed E-state index contributed by atoms with van der Waals surface area (Å²) in [4.78, 5) is 30.6. The molecule has 8 heteroatoms. The summed E-state index contributed by atoms with van der Waals surface area (Å²) in [6, 6.07) is 6.18. The highest BCUT2D eigenvalue weighted by molar-refractivity contribution is 5.99. The van der Waals surface area contributed by atoms with E-state index in [1.54, 1.807) is 0 Å². The molecule has 0 aliphatic carbocycles. The molecule has 0 radical (unpaired) electrons. The number of aryl methyl sites for hydroxylation is 1. The van der Waals surface area contributed by atoms with Gasteiger partial charge in [-0.05, 0) is 37.5 Å². The number of benzene rings is 1. The number of amides is 1. The van der Waals surface area contributed by atoms with Crippen LogP contribution in [0.1, 0.15) is 29.8 Å². The Morgan fingerprint density at radius 2 is 2.04 bits per heavy atom. The maximum Gasteiger partial charge on any atom is 0.230 e. The fourth-order valence-electron chi connectivity index (χ4n) is 4.00. The molecule has 0 unspecified atom stereocenters. The fraction of sp³-hybridized carbons (Fsp3) is 0.368. The SMILES string of the molecule is Cc1ccc2nc(C3(N)CCN(c4ncnc5c4CC(=O)N5)CC3)[nH]c2c1. The first-order valence-electron chi connectivity index (χ1n) is 9.16. The Morgan fingerprint density at radius 3 is 2.85 bits per heavy atom. The molecule has 0 spiro atoms. The molecule has 1 aromatic carbocycles. The van der Waals surface area contributed by atoms with Gasteiger partial charge >= 0.3 is 0 Å². The number of nitrogens with one attached hydrogen (secondary N) is 2. The Bertz CT molecular complexity index is 1050. The van der Waals surface area contributed by atoms with E-state index in [2.05, 4.69) is 44.2 Å². The number of nitrogens with two attached hydrogens (primary N) is 1. The van der Waals surface area contributed by atoms with Gasteiger partial charge < -0.3 is 20.9 Å². The number of aromatic amines is 1. The molecule has 5 rings (SSSR count). The van der Waals surface area contributed by atoms with Gasteiger partial charge in [-0.25, -0.2) is 15.0 Å². The van der Waals surface area contributed by atoms with Gasteiger partial charge in [-0.3, -0.25) is 4.79 Å². The second-order valence-electron chi connectivity index (χ2n) is 7.50. The number of H-pyrrole nitrogens is 1. The molecule has 4 heterocycles. The Labute approximate surface area is 156 Å². The largest absolute Gasteiger partial charge is 0.356 e. The summed E-state index contributed by atoms with van der Waals surface area (Å²) in [5.41, 5.74) is 10.3. The molecule has 0 bridgehead atoms. The van der Waals surface area contributed by atoms with Crippen molar-refractivity contribution in [1.82, 2.24) is 19.9 Å². The fourth-order valence-corrected chi connectivity index (χ4v) is 4.00. The zero-order valence-corrected chi connectivity index (χ0v) is 15.1. The number of carbonyl (C=O) groups excluding carboxylic acids is 1. The number of carbonyl (C=O) groups is 1. The lowest BCUT2D eigenvalue weighted by Crippen LogP contribution is -2.49. The summed E-state index contributed by atoms with van der Waals surface area (Å²) >= 11 is 0. The molecule has 27 heavy (non-hydrogen) atoms. The van der Waals surface area contributed by atoms with E-state index in [0.717, 1.165) is 54.2 Å². The van der Waals surface area contributed by atoms with Crippen LogP contribution in [0.5, 0.6) is 0 Å². The van der Waals surface area contributed by atoms with Crippen LogP contribution >= 0.6 is 0 Å². The van der Waals surface area contributed by atoms with Crippen molar-refractivity contribution < 1.29 is 4.79 Å². The van der Waals surface area contributed by atoms with Crippen LogP contribution < -0.4 is 16.0 Å². The molecule has 1 saturated heterocycles. The summed E-state index contributed by atoms with van der Waals surface area (Å²) in [6.07, 6.45) is 3.35. The maximum atomic E-state index is 11.7. The number of piperidine rings is 1. The van der Waals surface area contributed by atoms with Crippen LogP contribution in [-0.4, -0.2) is 38.9 Å². The monoisotopic (exact) mass is 363 g/mol. The van der Waals surface area contributed by atoms with Crippen molar-refractivity contribution in [2.24, 2.45) is 5.73 Å². The molecule has 1 amide bonds. The van der Waals surface area contributed by atoms with Gasteiger partial charge in [0.05, 0.1) is 23.0 Å². The lowest BCUT2D eigenvalue weighted by Gasteiger charge is -2.38. The van der Waals surface area contributed by atoms with E-state index in [-0.39, 0.29) is 5.91 Å². The summed E-state index contributed by atoms with van der Waals surface area (Å²) in [6.45, 7) is 3.57. The number of anilines is 2. The minimum Gasteiger partial charge on any atom is -0.356 e. The second kappa shape index (κ2) is 5.75. The average Bonchev–Trinajstić information content (AvgIpc) is 3.24. The molecule has 2 aliphatic heterocycles. The van der Waals surface area contributed by atoms with Gasteiger partial charge in [-0.1, -0.05) is 6.07 Å². The van der Waals surface area contributed by atoms with Gasteiger partial charge in [0.25, 0.3) is 0 Å². The van der Waals surface area contributed by atoms with Gasteiger partial charge in [0, 0.05) is 18.7 Å². The van der Waals surface area contributed by atoms with Gasteiger partial charge in [0.2, 0.25) is 5.91 Å². The summed E-state index contributed by atoms with van der Waals surface area (Å²) in [5.74, 6) is 2.27. The Morgan fingerprint density at radius 1 is 1.22 bits per heavy atom. The van der Waals surface area contributed by atoms with E-state index in [1.165, 1.54) is 11.9 Å². The zero-order valence-electron chi connectivity index (χ0n) is 15.1. The van der Waals surface area contributed by atoms with E-state index >= 15 is 0 Å². The topological polar surface area (TPSA) is 113 Å². The average molecular weight is 363 g/mol. The molecule has 2 aliphatic rings. The molecule has 4 N–H and O–H groups in total. The molecule has 3 aromatic rings. The van der Waals surface area contributed by atoms with Crippen molar-refractivity contribution in [3.63, 3.8) is 0 Å². The van der Waals surface area contributed by atoms with Crippen molar-refractivity contribution >= 4 is 28.6 Å². The third-order valence-electron chi connectivity index (χ3n) is 5.58. The van der Waals surface area contributed by atoms with Crippen LogP contribution in [0.15, 0.2) is 24.5 Å². The number of nitrogens with zero attached hydrogens (tertiary/aromatic N) is 4. The number of hydrogen-bond donors (Lipinski definition) is 3. The Hall–Kier alpha value is -3.00. The van der Waals surface area contributed by atoms with Crippen LogP contribution in [0.3, 0.4) is 0 Å². The third-order valence-corrected chi connectivity index (χ3v) is 5.58. The lowest BCUT2D eigenvalue weighted by molar-refractivity contribution is -0.115. The molecular formula is C19H21N7O. The van der Waals surface area contributed by atoms with Gasteiger partial charge in [0.1, 0.15) is 23.8 Å². The summed E-state index contributed by atoms with van der Waals surface area (Å²) < 4.78 is 0. The van der Waals surface area contributed by atoms with Crippen LogP contribution in [0.2, 0.25) is 0 Å². The minimum absolute atomic E-state index is 0.0329. The van der Waals surface area contributed by atoms with E-state index in [9.17, 15) is 4.79 Å². The number of fused-ring (bicyclic) bond motifs is 2. The molecule has 0 atom stereocenters. The maximum absolute atomic E-state index is 11.7. The standard InChI is InChI=1S/C19H21N7O/c1-11-2-3-13-14(8-11)24-18(23-13)19(20)4-6-26(7-5-19)17-12-9-15(27)25-16(12)21-10-22-17/h2-3,8,10H,4-7,9,20H2,1H3,(H,23,24)(H,21,22,25,27). The van der Waals surface area contributed by atoms with Crippen LogP contribution in [0.4, 0.5) is 11.6 Å². The van der Waals surface area contributed by atoms with Gasteiger partial charge in [-0.2, -0.15) is 0 Å². The molecule has 8 nitrogen and oxygen atoms in total. The summed E-state index contributed by atoms with van der Waals surface area (Å²) in [5, 5.41) is 2.78. The first-order chi connectivity index (χ1) is 13.0. The molecule has 138 valence electrons. The number of imidazole rings is 1. The minimum atomic E-state index is -0.492. The zero-order chi connectivity index (χ0) is 18.6. The molecule has 1 fully saturated rings. The van der Waals surface area contributed by atoms with Crippen molar-refractivity contribution in [1.29, 1.82) is 0 Å². The van der Waals surface area contributed by atoms with E-state index < -0.39 is 5.54 Å². The van der Waals surface area contributed by atoms with Crippen molar-refractivity contribution in [3.05, 3.63) is 41.5 Å². The number of rotatable bonds is 2. The lowest BCUT2D eigenvalue weighted by atomic mass is 9.87. The predicted molar refractivity (Wildman–Crippen MR) is 103 cm³/mol. The molecule has 2 aromatic heterocycles. The second-order valence-corrected chi connectivity index (χ2v) is 7.50. The quantitative estimate of drug-likeness (QED) is 0.638.